The van der Waals surface area contributed by atoms with Crippen molar-refractivity contribution in [3.05, 3.63) is 29.3 Å². The van der Waals surface area contributed by atoms with Crippen LogP contribution in [0.25, 0.3) is 0 Å². The minimum atomic E-state index is -1.15. The van der Waals surface area contributed by atoms with Crippen LogP contribution in [-0.4, -0.2) is 35.3 Å². The van der Waals surface area contributed by atoms with E-state index in [4.69, 9.17) is 27.9 Å². The first-order valence-electron chi connectivity index (χ1n) is 7.74. The molecule has 0 aliphatic heterocycles. The SMILES string of the molecule is Cc1cccc(C)c1NC(=O)CNC(=O)COC(=O)[C@]1(C)CC1(Cl)Cl. The van der Waals surface area contributed by atoms with Crippen molar-refractivity contribution in [2.75, 3.05) is 18.5 Å². The van der Waals surface area contributed by atoms with Crippen LogP contribution in [0.15, 0.2) is 18.2 Å². The largest absolute Gasteiger partial charge is 0.455 e. The predicted molar refractivity (Wildman–Crippen MR) is 95.7 cm³/mol. The van der Waals surface area contributed by atoms with Crippen LogP contribution in [0.2, 0.25) is 0 Å². The van der Waals surface area contributed by atoms with Crippen LogP contribution in [0.1, 0.15) is 24.5 Å². The highest BCUT2D eigenvalue weighted by molar-refractivity contribution is 6.53. The number of aryl methyl sites for hydroxylation is 2. The summed E-state index contributed by atoms with van der Waals surface area (Å²) in [5.41, 5.74) is 1.58. The number of carbonyl (C=O) groups is 3. The number of nitrogens with one attached hydrogen (secondary N) is 2. The minimum Gasteiger partial charge on any atom is -0.455 e. The molecule has 6 nitrogen and oxygen atoms in total. The zero-order chi connectivity index (χ0) is 18.8. The van der Waals surface area contributed by atoms with E-state index in [9.17, 15) is 14.4 Å². The first-order valence-corrected chi connectivity index (χ1v) is 8.50. The monoisotopic (exact) mass is 386 g/mol. The number of para-hydroxylation sites is 1. The third-order valence-electron chi connectivity index (χ3n) is 4.23. The summed E-state index contributed by atoms with van der Waals surface area (Å²) in [5, 5.41) is 5.14. The lowest BCUT2D eigenvalue weighted by atomic mass is 10.1. The number of amides is 2. The number of hydrogen-bond donors (Lipinski definition) is 2. The number of ether oxygens (including phenoxy) is 1. The summed E-state index contributed by atoms with van der Waals surface area (Å²) in [6.45, 7) is 4.62. The van der Waals surface area contributed by atoms with E-state index in [0.29, 0.717) is 0 Å². The van der Waals surface area contributed by atoms with Crippen molar-refractivity contribution in [2.24, 2.45) is 5.41 Å². The van der Waals surface area contributed by atoms with E-state index in [1.807, 2.05) is 32.0 Å². The van der Waals surface area contributed by atoms with Gasteiger partial charge >= 0.3 is 5.97 Å². The second-order valence-corrected chi connectivity index (χ2v) is 7.87. The van der Waals surface area contributed by atoms with Crippen LogP contribution >= 0.6 is 23.2 Å². The molecule has 0 aromatic heterocycles. The molecule has 2 N–H and O–H groups in total. The number of benzene rings is 1. The molecule has 0 radical (unpaired) electrons. The number of anilines is 1. The van der Waals surface area contributed by atoms with Crippen molar-refractivity contribution in [1.82, 2.24) is 5.32 Å². The molecular weight excluding hydrogens is 367 g/mol. The molecule has 1 saturated carbocycles. The average Bonchev–Trinajstić information content (AvgIpc) is 3.06. The zero-order valence-electron chi connectivity index (χ0n) is 14.2. The van der Waals surface area contributed by atoms with Crippen LogP contribution in [0.5, 0.6) is 0 Å². The summed E-state index contributed by atoms with van der Waals surface area (Å²) in [4.78, 5) is 35.5. The van der Waals surface area contributed by atoms with Gasteiger partial charge in [0.1, 0.15) is 9.75 Å². The Hall–Kier alpha value is -1.79. The summed E-state index contributed by atoms with van der Waals surface area (Å²) >= 11 is 11.7. The quantitative estimate of drug-likeness (QED) is 0.580. The lowest BCUT2D eigenvalue weighted by Crippen LogP contribution is -2.36. The lowest BCUT2D eigenvalue weighted by molar-refractivity contribution is -0.153. The van der Waals surface area contributed by atoms with Crippen molar-refractivity contribution in [2.45, 2.75) is 31.5 Å². The molecule has 0 heterocycles. The Kier molecular flexibility index (Phi) is 5.64. The van der Waals surface area contributed by atoms with Crippen molar-refractivity contribution < 1.29 is 19.1 Å². The molecule has 1 aromatic rings. The standard InChI is InChI=1S/C17H20Cl2N2O4/c1-10-5-4-6-11(2)14(10)21-12(22)7-20-13(23)8-25-15(24)16(3)9-17(16,18)19/h4-6H,7-9H2,1-3H3,(H,20,23)(H,21,22)/t16-/m0/s1. The second-order valence-electron chi connectivity index (χ2n) is 6.38. The van der Waals surface area contributed by atoms with Crippen LogP contribution < -0.4 is 10.6 Å². The first kappa shape index (κ1) is 19.5. The van der Waals surface area contributed by atoms with E-state index in [1.165, 1.54) is 0 Å². The van der Waals surface area contributed by atoms with Gasteiger partial charge in [0.15, 0.2) is 6.61 Å². The van der Waals surface area contributed by atoms with E-state index in [0.717, 1.165) is 16.8 Å². The number of esters is 1. The molecule has 1 fully saturated rings. The van der Waals surface area contributed by atoms with Gasteiger partial charge < -0.3 is 15.4 Å². The van der Waals surface area contributed by atoms with Crippen LogP contribution in [0.3, 0.4) is 0 Å². The molecule has 0 unspecified atom stereocenters. The Morgan fingerprint density at radius 1 is 1.16 bits per heavy atom. The van der Waals surface area contributed by atoms with E-state index >= 15 is 0 Å². The van der Waals surface area contributed by atoms with E-state index in [-0.39, 0.29) is 18.9 Å². The molecule has 136 valence electrons. The topological polar surface area (TPSA) is 84.5 Å². The highest BCUT2D eigenvalue weighted by Gasteiger charge is 2.69. The fourth-order valence-corrected chi connectivity index (χ4v) is 3.03. The van der Waals surface area contributed by atoms with Gasteiger partial charge in [-0.15, -0.1) is 23.2 Å². The van der Waals surface area contributed by atoms with Gasteiger partial charge in [0.25, 0.3) is 5.91 Å². The summed E-state index contributed by atoms with van der Waals surface area (Å²) in [6.07, 6.45) is 0.280. The van der Waals surface area contributed by atoms with Crippen LogP contribution in [0, 0.1) is 19.3 Å². The summed E-state index contributed by atoms with van der Waals surface area (Å²) < 4.78 is 3.76. The summed E-state index contributed by atoms with van der Waals surface area (Å²) in [7, 11) is 0. The molecular formula is C17H20Cl2N2O4. The highest BCUT2D eigenvalue weighted by atomic mass is 35.5. The molecule has 1 aliphatic carbocycles. The summed E-state index contributed by atoms with van der Waals surface area (Å²) in [5.74, 6) is -1.58. The molecule has 2 rings (SSSR count). The third kappa shape index (κ3) is 4.44. The first-order chi connectivity index (χ1) is 11.6. The van der Waals surface area contributed by atoms with Crippen molar-refractivity contribution in [3.8, 4) is 0 Å². The van der Waals surface area contributed by atoms with E-state index < -0.39 is 28.2 Å². The minimum absolute atomic E-state index is 0.226. The zero-order valence-corrected chi connectivity index (χ0v) is 15.8. The van der Waals surface area contributed by atoms with E-state index in [1.54, 1.807) is 6.92 Å². The van der Waals surface area contributed by atoms with E-state index in [2.05, 4.69) is 10.6 Å². The smallest absolute Gasteiger partial charge is 0.315 e. The van der Waals surface area contributed by atoms with Crippen molar-refractivity contribution in [3.63, 3.8) is 0 Å². The average molecular weight is 387 g/mol. The number of rotatable bonds is 6. The van der Waals surface area contributed by atoms with Gasteiger partial charge in [0.05, 0.1) is 6.54 Å². The Morgan fingerprint density at radius 3 is 2.24 bits per heavy atom. The second kappa shape index (κ2) is 7.22. The predicted octanol–water partition coefficient (Wildman–Crippen LogP) is 2.49. The summed E-state index contributed by atoms with van der Waals surface area (Å²) in [6, 6.07) is 5.66. The normalized spacial score (nSPS) is 20.5. The van der Waals surface area contributed by atoms with Gasteiger partial charge in [-0.2, -0.15) is 0 Å². The number of halogens is 2. The molecule has 0 bridgehead atoms. The fourth-order valence-electron chi connectivity index (χ4n) is 2.34. The van der Waals surface area contributed by atoms with Gasteiger partial charge in [-0.25, -0.2) is 0 Å². The van der Waals surface area contributed by atoms with Gasteiger partial charge in [0, 0.05) is 12.1 Å². The Balaban J connectivity index is 1.75. The Morgan fingerprint density at radius 2 is 1.72 bits per heavy atom. The molecule has 0 saturated heterocycles. The number of hydrogen-bond acceptors (Lipinski definition) is 4. The third-order valence-corrected chi connectivity index (χ3v) is 5.34. The van der Waals surface area contributed by atoms with Gasteiger partial charge in [-0.05, 0) is 31.9 Å². The number of carbonyl (C=O) groups excluding carboxylic acids is 3. The van der Waals surface area contributed by atoms with Gasteiger partial charge in [0.2, 0.25) is 5.91 Å². The molecule has 1 aromatic carbocycles. The molecule has 0 spiro atoms. The molecule has 1 atom stereocenters. The maximum Gasteiger partial charge on any atom is 0.315 e. The maximum absolute atomic E-state index is 11.9. The Bertz CT molecular complexity index is 700. The van der Waals surface area contributed by atoms with Gasteiger partial charge in [-0.1, -0.05) is 18.2 Å². The van der Waals surface area contributed by atoms with Gasteiger partial charge in [-0.3, -0.25) is 14.4 Å². The molecule has 8 heteroatoms. The maximum atomic E-state index is 11.9. The van der Waals surface area contributed by atoms with Crippen LogP contribution in [-0.2, 0) is 19.1 Å². The number of alkyl halides is 2. The fraction of sp³-hybridized carbons (Fsp3) is 0.471. The van der Waals surface area contributed by atoms with Crippen LogP contribution in [0.4, 0.5) is 5.69 Å². The lowest BCUT2D eigenvalue weighted by Gasteiger charge is -2.13. The Labute approximate surface area is 156 Å². The van der Waals surface area contributed by atoms with Crippen molar-refractivity contribution >= 4 is 46.7 Å². The molecule has 25 heavy (non-hydrogen) atoms. The molecule has 2 amide bonds. The highest BCUT2D eigenvalue weighted by Crippen LogP contribution is 2.64. The molecule has 1 aliphatic rings. The van der Waals surface area contributed by atoms with Crippen molar-refractivity contribution in [1.29, 1.82) is 0 Å².